The number of nitrogens with one attached hydrogen (secondary N) is 2. The molecule has 2 amide bonds. The molecule has 0 aliphatic carbocycles. The number of ether oxygens (including phenoxy) is 1. The van der Waals surface area contributed by atoms with Gasteiger partial charge < -0.3 is 40.6 Å². The maximum atomic E-state index is 11.3. The smallest absolute Gasteiger partial charge is 0.376 e. The highest BCUT2D eigenvalue weighted by atomic mass is 31.2. The molecule has 1 unspecified atom stereocenters. The van der Waals surface area contributed by atoms with Gasteiger partial charge in [0.1, 0.15) is 24.4 Å². The van der Waals surface area contributed by atoms with Crippen LogP contribution in [-0.2, 0) is 18.9 Å². The predicted octanol–water partition coefficient (Wildman–Crippen LogP) is -3.63. The molecule has 2 aliphatic rings. The lowest BCUT2D eigenvalue weighted by atomic mass is 10.1. The van der Waals surface area contributed by atoms with E-state index in [9.17, 15) is 24.4 Å². The summed E-state index contributed by atoms with van der Waals surface area (Å²) in [5, 5.41) is 30.5. The minimum atomic E-state index is -4.72. The summed E-state index contributed by atoms with van der Waals surface area (Å²) >= 11 is 0. The van der Waals surface area contributed by atoms with Gasteiger partial charge in [0, 0.05) is 12.8 Å². The topological polar surface area (TPSA) is 228 Å². The van der Waals surface area contributed by atoms with Gasteiger partial charge in [-0.1, -0.05) is 0 Å². The number of nitrogens with zero attached hydrogens (tertiary/aromatic N) is 1. The van der Waals surface area contributed by atoms with Crippen LogP contribution >= 0.6 is 7.60 Å². The van der Waals surface area contributed by atoms with Gasteiger partial charge >= 0.3 is 7.60 Å². The second-order valence-corrected chi connectivity index (χ2v) is 7.15. The van der Waals surface area contributed by atoms with Crippen LogP contribution in [0.5, 0.6) is 0 Å². The van der Waals surface area contributed by atoms with Crippen molar-refractivity contribution in [2.75, 3.05) is 12.3 Å². The third-order valence-corrected chi connectivity index (χ3v) is 4.58. The maximum Gasteiger partial charge on any atom is 0.376 e. The highest BCUT2D eigenvalue weighted by Crippen LogP contribution is 2.39. The van der Waals surface area contributed by atoms with Crippen LogP contribution in [0.15, 0.2) is 0 Å². The first kappa shape index (κ1) is 20.5. The minimum absolute atomic E-state index is 0.148. The van der Waals surface area contributed by atoms with Gasteiger partial charge in [-0.15, -0.1) is 0 Å². The van der Waals surface area contributed by atoms with Crippen molar-refractivity contribution in [3.05, 3.63) is 5.69 Å². The Labute approximate surface area is 146 Å². The Morgan fingerprint density at radius 1 is 1.19 bits per heavy atom. The van der Waals surface area contributed by atoms with Gasteiger partial charge in [-0.25, -0.2) is 4.98 Å². The van der Waals surface area contributed by atoms with E-state index in [0.717, 1.165) is 0 Å². The van der Waals surface area contributed by atoms with Crippen molar-refractivity contribution < 1.29 is 44.0 Å². The third kappa shape index (κ3) is 4.45. The molecule has 146 valence electrons. The molecule has 2 aliphatic heterocycles. The van der Waals surface area contributed by atoms with Crippen LogP contribution in [0.3, 0.4) is 0 Å². The highest BCUT2D eigenvalue weighted by molar-refractivity contribution is 7.60. The molecule has 14 heteroatoms. The van der Waals surface area contributed by atoms with E-state index >= 15 is 0 Å². The monoisotopic (exact) mass is 394 g/mol. The third-order valence-electron chi connectivity index (χ3n) is 3.69. The molecule has 0 spiro atoms. The second-order valence-electron chi connectivity index (χ2n) is 5.63. The number of amides is 2. The lowest BCUT2D eigenvalue weighted by Gasteiger charge is -2.14. The number of aromatic nitrogens is 2. The van der Waals surface area contributed by atoms with Crippen LogP contribution < -0.4 is 16.5 Å². The average Bonchev–Trinajstić information content (AvgIpc) is 3.19. The second kappa shape index (κ2) is 7.80. The molecular weight excluding hydrogens is 375 g/mol. The van der Waals surface area contributed by atoms with Crippen LogP contribution in [0, 0.1) is 0 Å². The summed E-state index contributed by atoms with van der Waals surface area (Å²) in [6, 6.07) is 0. The van der Waals surface area contributed by atoms with E-state index in [0.29, 0.717) is 12.8 Å². The van der Waals surface area contributed by atoms with E-state index in [1.54, 1.807) is 0 Å². The molecule has 2 fully saturated rings. The van der Waals surface area contributed by atoms with Crippen LogP contribution in [0.1, 0.15) is 24.6 Å². The fourth-order valence-corrected chi connectivity index (χ4v) is 3.20. The van der Waals surface area contributed by atoms with Crippen molar-refractivity contribution in [1.29, 1.82) is 0 Å². The number of anilines is 1. The quantitative estimate of drug-likeness (QED) is 0.184. The summed E-state index contributed by atoms with van der Waals surface area (Å²) in [6.45, 7) is -0.552. The van der Waals surface area contributed by atoms with Gasteiger partial charge in [0.15, 0.2) is 11.4 Å². The van der Waals surface area contributed by atoms with Crippen molar-refractivity contribution in [3.63, 3.8) is 0 Å². The fraction of sp³-hybridized carbons (Fsp3) is 0.583. The number of hydrogen-bond acceptors (Lipinski definition) is 9. The summed E-state index contributed by atoms with van der Waals surface area (Å²) in [4.78, 5) is 44.4. The molecule has 13 nitrogen and oxygen atoms in total. The van der Waals surface area contributed by atoms with Crippen LogP contribution in [0.25, 0.3) is 0 Å². The summed E-state index contributed by atoms with van der Waals surface area (Å²) in [5.74, 6) is -0.555. The van der Waals surface area contributed by atoms with Crippen LogP contribution in [-0.4, -0.2) is 71.8 Å². The Bertz CT molecular complexity index is 718. The predicted molar refractivity (Wildman–Crippen MR) is 83.8 cm³/mol. The first-order valence-electron chi connectivity index (χ1n) is 7.41. The van der Waals surface area contributed by atoms with Gasteiger partial charge in [-0.05, 0) is 0 Å². The van der Waals surface area contributed by atoms with E-state index in [-0.39, 0.29) is 23.5 Å². The number of hydrogen-bond donors (Lipinski definition) is 8. The Kier molecular flexibility index (Phi) is 6.13. The zero-order valence-electron chi connectivity index (χ0n) is 13.3. The molecule has 0 radical (unpaired) electrons. The number of aliphatic hydroxyl groups is 3. The van der Waals surface area contributed by atoms with Crippen LogP contribution in [0.4, 0.5) is 5.95 Å². The molecule has 3 heterocycles. The van der Waals surface area contributed by atoms with Crippen molar-refractivity contribution in [3.8, 4) is 0 Å². The Morgan fingerprint density at radius 2 is 1.77 bits per heavy atom. The molecule has 0 bridgehead atoms. The molecule has 1 aromatic heterocycles. The summed E-state index contributed by atoms with van der Waals surface area (Å²) in [7, 11) is -4.72. The number of rotatable bonds is 3. The first-order chi connectivity index (χ1) is 12.0. The van der Waals surface area contributed by atoms with Crippen molar-refractivity contribution in [2.24, 2.45) is 0 Å². The minimum Gasteiger partial charge on any atom is -0.394 e. The molecule has 3 rings (SSSR count). The zero-order valence-corrected chi connectivity index (χ0v) is 14.2. The fourth-order valence-electron chi connectivity index (χ4n) is 2.46. The number of imidazole rings is 1. The van der Waals surface area contributed by atoms with Crippen molar-refractivity contribution >= 4 is 30.8 Å². The lowest BCUT2D eigenvalue weighted by molar-refractivity contribution is -0.124. The lowest BCUT2D eigenvalue weighted by Crippen LogP contribution is -2.33. The molecular formula is C12H19N4O9P. The normalized spacial score (nSPS) is 28.7. The standard InChI is InChI=1S/C8H14N3O7P.C4H5NO2/c9-8-10-3(7(11-8)19(15,16)17)6-5(14)4(13)2(1-12)18-6;6-3-1-2-4(7)5-3/h2,4-6,12-14H,1H2,(H3,9,10,11)(H2,15,16,17);1-2H2,(H,5,6,7)/t2-,4-,5-,6?;/m1./s1. The van der Waals surface area contributed by atoms with Gasteiger partial charge in [0.25, 0.3) is 0 Å². The number of nitrogens with two attached hydrogens (primary N) is 1. The van der Waals surface area contributed by atoms with E-state index in [1.165, 1.54) is 0 Å². The Balaban J connectivity index is 0.000000290. The maximum absolute atomic E-state index is 11.3. The molecule has 0 aromatic carbocycles. The molecule has 9 N–H and O–H groups in total. The van der Waals surface area contributed by atoms with Crippen LogP contribution in [0.2, 0.25) is 0 Å². The Hall–Kier alpha value is -1.86. The van der Waals surface area contributed by atoms with Crippen molar-refractivity contribution in [1.82, 2.24) is 15.3 Å². The van der Waals surface area contributed by atoms with E-state index in [4.69, 9.17) is 25.4 Å². The number of carbonyl (C=O) groups excluding carboxylic acids is 2. The number of aromatic amines is 1. The molecule has 4 atom stereocenters. The van der Waals surface area contributed by atoms with Crippen molar-refractivity contribution in [2.45, 2.75) is 37.3 Å². The highest BCUT2D eigenvalue weighted by Gasteiger charge is 2.46. The van der Waals surface area contributed by atoms with Gasteiger partial charge in [-0.3, -0.25) is 19.5 Å². The molecule has 2 saturated heterocycles. The van der Waals surface area contributed by atoms with E-state index in [1.807, 2.05) is 0 Å². The molecule has 1 aromatic rings. The first-order valence-corrected chi connectivity index (χ1v) is 9.02. The van der Waals surface area contributed by atoms with Gasteiger partial charge in [0.05, 0.1) is 12.3 Å². The summed E-state index contributed by atoms with van der Waals surface area (Å²) in [6.07, 6.45) is -4.43. The van der Waals surface area contributed by atoms with Gasteiger partial charge in [-0.2, -0.15) is 0 Å². The number of aliphatic hydroxyl groups excluding tert-OH is 3. The van der Waals surface area contributed by atoms with E-state index < -0.39 is 44.1 Å². The Morgan fingerprint density at radius 3 is 2.15 bits per heavy atom. The number of H-pyrrole nitrogens is 1. The summed E-state index contributed by atoms with van der Waals surface area (Å²) < 4.78 is 16.4. The zero-order chi connectivity index (χ0) is 19.6. The average molecular weight is 394 g/mol. The van der Waals surface area contributed by atoms with Gasteiger partial charge in [0.2, 0.25) is 11.8 Å². The number of imide groups is 1. The summed E-state index contributed by atoms with van der Waals surface area (Å²) in [5.41, 5.74) is 4.46. The molecule has 26 heavy (non-hydrogen) atoms. The largest absolute Gasteiger partial charge is 0.394 e. The number of nitrogen functional groups attached to an aromatic ring is 1. The molecule has 0 saturated carbocycles. The van der Waals surface area contributed by atoms with E-state index in [2.05, 4.69) is 15.3 Å². The number of carbonyl (C=O) groups is 2. The SMILES string of the molecule is Nc1nc(P(=O)(O)O)c(C2O[C@H](CO)[C@@H](O)[C@H]2O)[nH]1.O=C1CCC(=O)N1.